The Balaban J connectivity index is 1.79. The van der Waals surface area contributed by atoms with Crippen molar-refractivity contribution in [2.45, 2.75) is 56.1 Å². The SMILES string of the molecule is CSc1nnc(CCCNC(=O)N(C)CCC(=O)O)n1C1CCCC1. The number of urea groups is 1. The Morgan fingerprint density at radius 3 is 2.72 bits per heavy atom. The second-order valence-corrected chi connectivity index (χ2v) is 7.09. The van der Waals surface area contributed by atoms with E-state index in [1.54, 1.807) is 18.8 Å². The maximum atomic E-state index is 11.9. The molecule has 0 saturated heterocycles. The van der Waals surface area contributed by atoms with Crippen LogP contribution in [0.5, 0.6) is 0 Å². The number of aromatic nitrogens is 3. The predicted molar refractivity (Wildman–Crippen MR) is 95.9 cm³/mol. The van der Waals surface area contributed by atoms with Gasteiger partial charge in [-0.2, -0.15) is 0 Å². The monoisotopic (exact) mass is 369 g/mol. The van der Waals surface area contributed by atoms with Gasteiger partial charge in [0.05, 0.1) is 6.42 Å². The average Bonchev–Trinajstić information content (AvgIpc) is 3.24. The van der Waals surface area contributed by atoms with E-state index in [4.69, 9.17) is 5.11 Å². The van der Waals surface area contributed by atoms with Crippen LogP contribution in [0, 0.1) is 0 Å². The lowest BCUT2D eigenvalue weighted by atomic mass is 10.2. The van der Waals surface area contributed by atoms with Crippen LogP contribution in [0.4, 0.5) is 4.79 Å². The van der Waals surface area contributed by atoms with Gasteiger partial charge in [0.25, 0.3) is 0 Å². The first kappa shape index (κ1) is 19.6. The first-order valence-corrected chi connectivity index (χ1v) is 9.94. The lowest BCUT2D eigenvalue weighted by molar-refractivity contribution is -0.137. The minimum atomic E-state index is -0.907. The summed E-state index contributed by atoms with van der Waals surface area (Å²) in [4.78, 5) is 23.8. The van der Waals surface area contributed by atoms with E-state index in [0.717, 1.165) is 23.8 Å². The molecule has 0 unspecified atom stereocenters. The average molecular weight is 369 g/mol. The molecule has 0 aliphatic heterocycles. The molecular formula is C16H27N5O3S. The Morgan fingerprint density at radius 1 is 1.36 bits per heavy atom. The zero-order valence-corrected chi connectivity index (χ0v) is 15.7. The molecule has 1 aromatic heterocycles. The molecular weight excluding hydrogens is 342 g/mol. The standard InChI is InChI=1S/C16H27N5O3S/c1-20(11-9-14(22)23)15(24)17-10-5-8-13-18-19-16(25-2)21(13)12-6-3-4-7-12/h12H,3-11H2,1-2H3,(H,17,24)(H,22,23). The lowest BCUT2D eigenvalue weighted by Gasteiger charge is -2.18. The highest BCUT2D eigenvalue weighted by atomic mass is 32.2. The van der Waals surface area contributed by atoms with Crippen LogP contribution in [0.25, 0.3) is 0 Å². The van der Waals surface area contributed by atoms with Gasteiger partial charge < -0.3 is 19.9 Å². The van der Waals surface area contributed by atoms with Gasteiger partial charge in [-0.3, -0.25) is 4.79 Å². The van der Waals surface area contributed by atoms with Crippen molar-refractivity contribution >= 4 is 23.8 Å². The second-order valence-electron chi connectivity index (χ2n) is 6.31. The van der Waals surface area contributed by atoms with Gasteiger partial charge in [0.15, 0.2) is 5.16 Å². The highest BCUT2D eigenvalue weighted by molar-refractivity contribution is 7.98. The summed E-state index contributed by atoms with van der Waals surface area (Å²) >= 11 is 1.62. The smallest absolute Gasteiger partial charge is 0.317 e. The molecule has 0 spiro atoms. The zero-order valence-electron chi connectivity index (χ0n) is 14.9. The molecule has 1 fully saturated rings. The summed E-state index contributed by atoms with van der Waals surface area (Å²) in [7, 11) is 1.60. The van der Waals surface area contributed by atoms with Gasteiger partial charge in [-0.25, -0.2) is 4.79 Å². The fraction of sp³-hybridized carbons (Fsp3) is 0.750. The van der Waals surface area contributed by atoms with Crippen molar-refractivity contribution in [2.75, 3.05) is 26.4 Å². The summed E-state index contributed by atoms with van der Waals surface area (Å²) < 4.78 is 2.28. The topological polar surface area (TPSA) is 100 Å². The fourth-order valence-electron chi connectivity index (χ4n) is 3.09. The lowest BCUT2D eigenvalue weighted by Crippen LogP contribution is -2.38. The molecule has 140 valence electrons. The number of hydrogen-bond acceptors (Lipinski definition) is 5. The fourth-order valence-corrected chi connectivity index (χ4v) is 3.66. The molecule has 2 rings (SSSR count). The van der Waals surface area contributed by atoms with E-state index in [0.29, 0.717) is 12.6 Å². The van der Waals surface area contributed by atoms with Crippen molar-refractivity contribution in [2.24, 2.45) is 0 Å². The van der Waals surface area contributed by atoms with E-state index in [1.807, 2.05) is 6.26 Å². The van der Waals surface area contributed by atoms with E-state index in [9.17, 15) is 9.59 Å². The van der Waals surface area contributed by atoms with Crippen molar-refractivity contribution in [3.05, 3.63) is 5.82 Å². The van der Waals surface area contributed by atoms with Crippen LogP contribution in [0.15, 0.2) is 5.16 Å². The third-order valence-corrected chi connectivity index (χ3v) is 5.11. The Hall–Kier alpha value is -1.77. The molecule has 25 heavy (non-hydrogen) atoms. The van der Waals surface area contributed by atoms with Gasteiger partial charge in [-0.05, 0) is 25.5 Å². The molecule has 1 aliphatic carbocycles. The van der Waals surface area contributed by atoms with Gasteiger partial charge in [0, 0.05) is 32.6 Å². The van der Waals surface area contributed by atoms with Crippen molar-refractivity contribution in [3.63, 3.8) is 0 Å². The van der Waals surface area contributed by atoms with Crippen LogP contribution in [0.2, 0.25) is 0 Å². The van der Waals surface area contributed by atoms with Crippen LogP contribution in [0.3, 0.4) is 0 Å². The molecule has 1 heterocycles. The van der Waals surface area contributed by atoms with Crippen molar-refractivity contribution in [1.29, 1.82) is 0 Å². The maximum Gasteiger partial charge on any atom is 0.317 e. The normalized spacial score (nSPS) is 14.6. The van der Waals surface area contributed by atoms with Crippen LogP contribution >= 0.6 is 11.8 Å². The minimum Gasteiger partial charge on any atom is -0.481 e. The number of amides is 2. The Bertz CT molecular complexity index is 586. The summed E-state index contributed by atoms with van der Waals surface area (Å²) in [5.41, 5.74) is 0. The summed E-state index contributed by atoms with van der Waals surface area (Å²) in [5, 5.41) is 21.1. The van der Waals surface area contributed by atoms with Crippen LogP contribution in [0.1, 0.15) is 50.4 Å². The molecule has 1 aliphatic rings. The predicted octanol–water partition coefficient (Wildman–Crippen LogP) is 2.16. The molecule has 9 heteroatoms. The molecule has 2 amide bonds. The third kappa shape index (κ3) is 5.62. The number of carbonyl (C=O) groups is 2. The van der Waals surface area contributed by atoms with Gasteiger partial charge >= 0.3 is 12.0 Å². The van der Waals surface area contributed by atoms with Crippen molar-refractivity contribution in [3.8, 4) is 0 Å². The number of carbonyl (C=O) groups excluding carboxylic acids is 1. The zero-order chi connectivity index (χ0) is 18.2. The molecule has 0 radical (unpaired) electrons. The van der Waals surface area contributed by atoms with Gasteiger partial charge in [-0.1, -0.05) is 24.6 Å². The largest absolute Gasteiger partial charge is 0.481 e. The Kier molecular flexibility index (Phi) is 7.54. The quantitative estimate of drug-likeness (QED) is 0.511. The number of nitrogens with zero attached hydrogens (tertiary/aromatic N) is 4. The number of rotatable bonds is 9. The van der Waals surface area contributed by atoms with E-state index >= 15 is 0 Å². The number of carboxylic acid groups (broad SMARTS) is 1. The summed E-state index contributed by atoms with van der Waals surface area (Å²) in [5.74, 6) is 0.0835. The number of aliphatic carboxylic acids is 1. The molecule has 1 aromatic rings. The molecule has 0 atom stereocenters. The van der Waals surface area contributed by atoms with Crippen LogP contribution < -0.4 is 5.32 Å². The van der Waals surface area contributed by atoms with Crippen LogP contribution in [-0.2, 0) is 11.2 Å². The number of aryl methyl sites for hydroxylation is 1. The molecule has 0 bridgehead atoms. The Morgan fingerprint density at radius 2 is 2.08 bits per heavy atom. The van der Waals surface area contributed by atoms with E-state index in [2.05, 4.69) is 20.1 Å². The molecule has 1 saturated carbocycles. The van der Waals surface area contributed by atoms with Gasteiger partial charge in [-0.15, -0.1) is 10.2 Å². The van der Waals surface area contributed by atoms with Crippen molar-refractivity contribution < 1.29 is 14.7 Å². The number of nitrogens with one attached hydrogen (secondary N) is 1. The van der Waals surface area contributed by atoms with E-state index in [1.165, 1.54) is 30.6 Å². The Labute approximate surface area is 152 Å². The third-order valence-electron chi connectivity index (χ3n) is 4.47. The molecule has 8 nitrogen and oxygen atoms in total. The second kappa shape index (κ2) is 9.65. The maximum absolute atomic E-state index is 11.9. The van der Waals surface area contributed by atoms with Crippen molar-refractivity contribution in [1.82, 2.24) is 25.0 Å². The summed E-state index contributed by atoms with van der Waals surface area (Å²) in [6, 6.07) is 0.257. The highest BCUT2D eigenvalue weighted by Crippen LogP contribution is 2.33. The first-order chi connectivity index (χ1) is 12.0. The van der Waals surface area contributed by atoms with Gasteiger partial charge in [0.2, 0.25) is 0 Å². The highest BCUT2D eigenvalue weighted by Gasteiger charge is 2.23. The first-order valence-electron chi connectivity index (χ1n) is 8.71. The number of carboxylic acids is 1. The summed E-state index contributed by atoms with van der Waals surface area (Å²) in [6.45, 7) is 0.733. The number of hydrogen-bond donors (Lipinski definition) is 2. The molecule has 0 aromatic carbocycles. The van der Waals surface area contributed by atoms with E-state index in [-0.39, 0.29) is 19.0 Å². The molecule has 2 N–H and O–H groups in total. The van der Waals surface area contributed by atoms with Crippen LogP contribution in [-0.4, -0.2) is 63.2 Å². The minimum absolute atomic E-state index is 0.0497. The van der Waals surface area contributed by atoms with Gasteiger partial charge in [0.1, 0.15) is 5.82 Å². The number of thioether (sulfide) groups is 1. The summed E-state index contributed by atoms with van der Waals surface area (Å²) in [6.07, 6.45) is 8.40. The van der Waals surface area contributed by atoms with E-state index < -0.39 is 5.97 Å².